The van der Waals surface area contributed by atoms with Crippen molar-refractivity contribution in [1.82, 2.24) is 10.3 Å². The Bertz CT molecular complexity index is 1070. The molecular formula is C22H22N2O5. The van der Waals surface area contributed by atoms with Crippen molar-refractivity contribution in [3.05, 3.63) is 59.3 Å². The van der Waals surface area contributed by atoms with Crippen LogP contribution in [0.1, 0.15) is 21.6 Å². The number of aromatic amines is 1. The van der Waals surface area contributed by atoms with E-state index in [1.165, 1.54) is 0 Å². The Morgan fingerprint density at radius 2 is 1.97 bits per heavy atom. The number of aryl methyl sites for hydroxylation is 2. The summed E-state index contributed by atoms with van der Waals surface area (Å²) in [6.45, 7) is 4.22. The van der Waals surface area contributed by atoms with Gasteiger partial charge in [-0.25, -0.2) is 4.79 Å². The summed E-state index contributed by atoms with van der Waals surface area (Å²) in [5, 5.41) is 3.67. The number of carbonyl (C=O) groups is 2. The minimum absolute atomic E-state index is 0.262. The van der Waals surface area contributed by atoms with Gasteiger partial charge in [0.1, 0.15) is 12.7 Å². The molecule has 2 N–H and O–H groups in total. The Morgan fingerprint density at radius 3 is 2.79 bits per heavy atom. The Kier molecular flexibility index (Phi) is 5.12. The number of benzene rings is 2. The van der Waals surface area contributed by atoms with Gasteiger partial charge < -0.3 is 24.5 Å². The molecule has 4 rings (SSSR count). The number of rotatable bonds is 5. The first-order chi connectivity index (χ1) is 14.0. The molecule has 1 aliphatic rings. The van der Waals surface area contributed by atoms with E-state index in [2.05, 4.69) is 10.3 Å². The maximum atomic E-state index is 12.3. The molecule has 29 heavy (non-hydrogen) atoms. The molecular weight excluding hydrogens is 372 g/mol. The zero-order chi connectivity index (χ0) is 20.4. The second kappa shape index (κ2) is 7.87. The average Bonchev–Trinajstić information content (AvgIpc) is 3.03. The quantitative estimate of drug-likeness (QED) is 0.650. The van der Waals surface area contributed by atoms with Crippen molar-refractivity contribution in [3.8, 4) is 11.5 Å². The lowest BCUT2D eigenvalue weighted by atomic mass is 10.1. The Morgan fingerprint density at radius 1 is 1.17 bits per heavy atom. The van der Waals surface area contributed by atoms with E-state index in [-0.39, 0.29) is 19.3 Å². The molecule has 1 aromatic heterocycles. The number of aromatic nitrogens is 1. The molecule has 7 heteroatoms. The van der Waals surface area contributed by atoms with Gasteiger partial charge in [0.25, 0.3) is 5.91 Å². The molecule has 1 unspecified atom stereocenters. The number of esters is 1. The number of amides is 1. The van der Waals surface area contributed by atoms with Crippen LogP contribution < -0.4 is 14.8 Å². The summed E-state index contributed by atoms with van der Waals surface area (Å²) in [4.78, 5) is 27.6. The van der Waals surface area contributed by atoms with E-state index >= 15 is 0 Å². The smallest absolute Gasteiger partial charge is 0.338 e. The van der Waals surface area contributed by atoms with Gasteiger partial charge in [0.15, 0.2) is 18.1 Å². The normalized spacial score (nSPS) is 15.2. The number of nitrogens with one attached hydrogen (secondary N) is 2. The van der Waals surface area contributed by atoms with E-state index in [0.717, 1.165) is 22.2 Å². The third-order valence-corrected chi connectivity index (χ3v) is 4.97. The fourth-order valence-electron chi connectivity index (χ4n) is 3.25. The fraction of sp³-hybridized carbons (Fsp3) is 0.273. The summed E-state index contributed by atoms with van der Waals surface area (Å²) >= 11 is 0. The van der Waals surface area contributed by atoms with E-state index in [1.807, 2.05) is 44.2 Å². The molecule has 1 aliphatic heterocycles. The van der Waals surface area contributed by atoms with Crippen molar-refractivity contribution in [2.45, 2.75) is 20.0 Å². The van der Waals surface area contributed by atoms with Crippen LogP contribution in [0.2, 0.25) is 0 Å². The predicted octanol–water partition coefficient (Wildman–Crippen LogP) is 2.90. The lowest BCUT2D eigenvalue weighted by Crippen LogP contribution is -2.42. The van der Waals surface area contributed by atoms with Crippen LogP contribution >= 0.6 is 0 Å². The molecule has 0 radical (unpaired) electrons. The predicted molar refractivity (Wildman–Crippen MR) is 107 cm³/mol. The Labute approximate surface area is 168 Å². The maximum Gasteiger partial charge on any atom is 0.338 e. The van der Waals surface area contributed by atoms with Gasteiger partial charge in [-0.3, -0.25) is 4.79 Å². The minimum atomic E-state index is -0.536. The van der Waals surface area contributed by atoms with Crippen molar-refractivity contribution >= 4 is 22.8 Å². The lowest BCUT2D eigenvalue weighted by molar-refractivity contribution is -0.124. The molecule has 0 spiro atoms. The van der Waals surface area contributed by atoms with Crippen LogP contribution in [-0.2, 0) is 9.53 Å². The van der Waals surface area contributed by atoms with E-state index in [0.29, 0.717) is 23.7 Å². The topological polar surface area (TPSA) is 89.7 Å². The molecule has 0 aliphatic carbocycles. The highest BCUT2D eigenvalue weighted by molar-refractivity contribution is 5.96. The SMILES string of the molecule is Cc1[nH]c2ccc(C(=O)OCC(=O)NCC3COc4ccccc4O3)cc2c1C. The van der Waals surface area contributed by atoms with Gasteiger partial charge in [0.05, 0.1) is 12.1 Å². The van der Waals surface area contributed by atoms with Crippen LogP contribution in [-0.4, -0.2) is 42.7 Å². The van der Waals surface area contributed by atoms with Crippen molar-refractivity contribution in [2.24, 2.45) is 0 Å². The van der Waals surface area contributed by atoms with Crippen LogP contribution in [0.25, 0.3) is 10.9 Å². The van der Waals surface area contributed by atoms with Crippen LogP contribution in [0.4, 0.5) is 0 Å². The van der Waals surface area contributed by atoms with Gasteiger partial charge >= 0.3 is 5.97 Å². The maximum absolute atomic E-state index is 12.3. The number of hydrogen-bond acceptors (Lipinski definition) is 5. The third kappa shape index (κ3) is 4.03. The molecule has 1 amide bonds. The molecule has 0 saturated carbocycles. The van der Waals surface area contributed by atoms with E-state index < -0.39 is 11.9 Å². The van der Waals surface area contributed by atoms with E-state index in [9.17, 15) is 9.59 Å². The number of H-pyrrole nitrogens is 1. The number of hydrogen-bond donors (Lipinski definition) is 2. The van der Waals surface area contributed by atoms with Crippen molar-refractivity contribution < 1.29 is 23.8 Å². The molecule has 0 bridgehead atoms. The van der Waals surface area contributed by atoms with Gasteiger partial charge in [0.2, 0.25) is 0 Å². The van der Waals surface area contributed by atoms with Crippen LogP contribution in [0.5, 0.6) is 11.5 Å². The second-order valence-corrected chi connectivity index (χ2v) is 7.01. The number of carbonyl (C=O) groups excluding carboxylic acids is 2. The molecule has 2 heterocycles. The Hall–Kier alpha value is -3.48. The van der Waals surface area contributed by atoms with Gasteiger partial charge in [-0.05, 0) is 49.7 Å². The molecule has 2 aromatic carbocycles. The van der Waals surface area contributed by atoms with Crippen LogP contribution in [0.15, 0.2) is 42.5 Å². The van der Waals surface area contributed by atoms with Gasteiger partial charge in [-0.1, -0.05) is 12.1 Å². The molecule has 7 nitrogen and oxygen atoms in total. The van der Waals surface area contributed by atoms with Crippen LogP contribution in [0.3, 0.4) is 0 Å². The zero-order valence-corrected chi connectivity index (χ0v) is 16.3. The third-order valence-electron chi connectivity index (χ3n) is 4.97. The molecule has 150 valence electrons. The zero-order valence-electron chi connectivity index (χ0n) is 16.3. The summed E-state index contributed by atoms with van der Waals surface area (Å²) in [7, 11) is 0. The summed E-state index contributed by atoms with van der Waals surface area (Å²) < 4.78 is 16.5. The van der Waals surface area contributed by atoms with Crippen molar-refractivity contribution in [3.63, 3.8) is 0 Å². The van der Waals surface area contributed by atoms with Gasteiger partial charge in [-0.15, -0.1) is 0 Å². The first-order valence-corrected chi connectivity index (χ1v) is 9.42. The molecule has 3 aromatic rings. The summed E-state index contributed by atoms with van der Waals surface area (Å²) in [6, 6.07) is 12.7. The first-order valence-electron chi connectivity index (χ1n) is 9.42. The Balaban J connectivity index is 1.27. The largest absolute Gasteiger partial charge is 0.486 e. The van der Waals surface area contributed by atoms with E-state index in [1.54, 1.807) is 12.1 Å². The monoisotopic (exact) mass is 394 g/mol. The number of para-hydroxylation sites is 2. The van der Waals surface area contributed by atoms with Gasteiger partial charge in [0, 0.05) is 16.6 Å². The van der Waals surface area contributed by atoms with E-state index in [4.69, 9.17) is 14.2 Å². The van der Waals surface area contributed by atoms with Crippen LogP contribution in [0, 0.1) is 13.8 Å². The summed E-state index contributed by atoms with van der Waals surface area (Å²) in [5.41, 5.74) is 3.52. The number of ether oxygens (including phenoxy) is 3. The minimum Gasteiger partial charge on any atom is -0.486 e. The van der Waals surface area contributed by atoms with Gasteiger partial charge in [-0.2, -0.15) is 0 Å². The van der Waals surface area contributed by atoms with Crippen molar-refractivity contribution in [2.75, 3.05) is 19.8 Å². The first kappa shape index (κ1) is 18.9. The second-order valence-electron chi connectivity index (χ2n) is 7.01. The summed E-state index contributed by atoms with van der Waals surface area (Å²) in [5.74, 6) is 0.408. The lowest BCUT2D eigenvalue weighted by Gasteiger charge is -2.26. The summed E-state index contributed by atoms with van der Waals surface area (Å²) in [6.07, 6.45) is -0.299. The highest BCUT2D eigenvalue weighted by atomic mass is 16.6. The fourth-order valence-corrected chi connectivity index (χ4v) is 3.25. The highest BCUT2D eigenvalue weighted by Gasteiger charge is 2.21. The molecule has 0 saturated heterocycles. The number of fused-ring (bicyclic) bond motifs is 2. The standard InChI is InChI=1S/C22H22N2O5/c1-13-14(2)24-18-8-7-15(9-17(13)18)22(26)28-12-21(25)23-10-16-11-27-19-5-3-4-6-20(19)29-16/h3-9,16,24H,10-12H2,1-2H3,(H,23,25). The van der Waals surface area contributed by atoms with Crippen molar-refractivity contribution in [1.29, 1.82) is 0 Å². The molecule has 0 fully saturated rings. The molecule has 1 atom stereocenters. The highest BCUT2D eigenvalue weighted by Crippen LogP contribution is 2.30. The average molecular weight is 394 g/mol.